The molecule has 1 aliphatic heterocycles. The van der Waals surface area contributed by atoms with E-state index in [9.17, 15) is 98.1 Å². The Morgan fingerprint density at radius 3 is 1.51 bits per heavy atom. The zero-order chi connectivity index (χ0) is 66.2. The summed E-state index contributed by atoms with van der Waals surface area (Å²) in [6.07, 6.45) is -4.01. The summed E-state index contributed by atoms with van der Waals surface area (Å²) in [5.74, 6) is -14.6. The first-order valence-corrected chi connectivity index (χ1v) is 28.8. The molecule has 0 aliphatic carbocycles. The minimum Gasteiger partial charge on any atom is -0.508 e. The lowest BCUT2D eigenvalue weighted by Crippen LogP contribution is -2.63. The third-order valence-electron chi connectivity index (χ3n) is 13.6. The maximum atomic E-state index is 14.2. The Hall–Kier alpha value is -7.72. The Morgan fingerprint density at radius 2 is 1.00 bits per heavy atom. The number of rotatable bonds is 36. The third kappa shape index (κ3) is 24.9. The highest BCUT2D eigenvalue weighted by Gasteiger charge is 2.41. The molecule has 1 saturated heterocycles. The second-order valence-corrected chi connectivity index (χ2v) is 22.4. The molecule has 87 heavy (non-hydrogen) atoms. The maximum Gasteiger partial charge on any atom is 0.328 e. The second kappa shape index (κ2) is 36.4. The number of aromatic hydroxyl groups is 1. The fourth-order valence-corrected chi connectivity index (χ4v) is 9.00. The van der Waals surface area contributed by atoms with E-state index in [1.807, 2.05) is 0 Å². The van der Waals surface area contributed by atoms with Crippen LogP contribution >= 0.6 is 12.6 Å². The van der Waals surface area contributed by atoms with Crippen LogP contribution in [0.1, 0.15) is 99.5 Å². The van der Waals surface area contributed by atoms with E-state index in [4.69, 9.17) is 5.73 Å². The van der Waals surface area contributed by atoms with Gasteiger partial charge in [0.25, 0.3) is 0 Å². The van der Waals surface area contributed by atoms with Crippen LogP contribution in [0.15, 0.2) is 24.3 Å². The van der Waals surface area contributed by atoms with Gasteiger partial charge in [-0.15, -0.1) is 0 Å². The lowest BCUT2D eigenvalue weighted by Gasteiger charge is -2.30. The van der Waals surface area contributed by atoms with E-state index in [0.717, 1.165) is 25.7 Å². The van der Waals surface area contributed by atoms with E-state index in [1.165, 1.54) is 31.2 Å². The highest BCUT2D eigenvalue weighted by Crippen LogP contribution is 2.21. The minimum absolute atomic E-state index is 0.0217. The molecule has 2 rings (SSSR count). The molecule has 488 valence electrons. The van der Waals surface area contributed by atoms with Crippen LogP contribution in [0.4, 0.5) is 0 Å². The van der Waals surface area contributed by atoms with Gasteiger partial charge in [-0.3, -0.25) is 57.5 Å². The van der Waals surface area contributed by atoms with Crippen LogP contribution in [-0.4, -0.2) is 228 Å². The first-order chi connectivity index (χ1) is 40.6. The van der Waals surface area contributed by atoms with Crippen molar-refractivity contribution in [1.82, 2.24) is 58.1 Å². The molecular formula is C54H86N12O20S. The summed E-state index contributed by atoms with van der Waals surface area (Å²) >= 11 is 4.24. The lowest BCUT2D eigenvalue weighted by molar-refractivity contribution is -0.145. The fourth-order valence-electron chi connectivity index (χ4n) is 8.74. The van der Waals surface area contributed by atoms with Gasteiger partial charge in [-0.1, -0.05) is 39.8 Å². The number of aliphatic hydroxyl groups is 4. The number of amides is 11. The van der Waals surface area contributed by atoms with E-state index in [0.29, 0.717) is 12.0 Å². The number of hydrogen-bond acceptors (Lipinski definition) is 20. The zero-order valence-corrected chi connectivity index (χ0v) is 50.6. The van der Waals surface area contributed by atoms with E-state index < -0.39 is 188 Å². The minimum atomic E-state index is -1.85. The van der Waals surface area contributed by atoms with Gasteiger partial charge in [-0.2, -0.15) is 12.6 Å². The Morgan fingerprint density at radius 1 is 0.552 bits per heavy atom. The Kier molecular flexibility index (Phi) is 31.6. The number of nitrogens with zero attached hydrogens (tertiary/aromatic N) is 1. The molecule has 1 aromatic carbocycles. The third-order valence-corrected chi connectivity index (χ3v) is 13.9. The van der Waals surface area contributed by atoms with Crippen molar-refractivity contribution in [2.45, 2.75) is 185 Å². The van der Waals surface area contributed by atoms with E-state index >= 15 is 0 Å². The summed E-state index contributed by atoms with van der Waals surface area (Å²) in [5.41, 5.74) is 6.38. The van der Waals surface area contributed by atoms with Crippen LogP contribution in [-0.2, 0) is 68.7 Å². The SMILES string of the molecule is CC(C)C[C@H](NC(=O)[C@H](CO)NC(=O)[C@H](C)NC(=O)[C@H](C)NC(=O)[C@@H](NC(=O)[C@@H](NC(=O)[C@H](CCC(=O)O)NC(=O)[C@@H](N)CC(C)C)[C@@H](C)O)[C@@H](C)O)C(=O)N[C@@H](CS)C(=O)N[C@@H](Cc1ccc(O)cc1)C(=O)N1CCC[C@H]1C(=O)N[C@@H](CO)C(=O)O. The first-order valence-electron chi connectivity index (χ1n) is 28.2. The number of carboxylic acid groups (broad SMARTS) is 2. The number of hydrogen-bond donors (Lipinski definition) is 19. The van der Waals surface area contributed by atoms with Crippen LogP contribution in [0.5, 0.6) is 5.75 Å². The van der Waals surface area contributed by atoms with Gasteiger partial charge in [0.15, 0.2) is 0 Å². The molecule has 1 aliphatic rings. The number of thiol groups is 1. The number of carbonyl (C=O) groups is 13. The molecule has 1 fully saturated rings. The predicted octanol–water partition coefficient (Wildman–Crippen LogP) is -6.14. The highest BCUT2D eigenvalue weighted by atomic mass is 32.1. The summed E-state index contributed by atoms with van der Waals surface area (Å²) in [6.45, 7) is 9.55. The van der Waals surface area contributed by atoms with E-state index in [-0.39, 0.29) is 55.6 Å². The molecule has 1 heterocycles. The van der Waals surface area contributed by atoms with Crippen molar-refractivity contribution >= 4 is 89.5 Å². The van der Waals surface area contributed by atoms with Crippen molar-refractivity contribution < 1.29 is 98.1 Å². The molecule has 0 spiro atoms. The number of aliphatic hydroxyl groups excluding tert-OH is 4. The Bertz CT molecular complexity index is 2580. The van der Waals surface area contributed by atoms with Crippen LogP contribution < -0.4 is 58.9 Å². The molecule has 0 unspecified atom stereocenters. The molecule has 11 amide bonds. The summed E-state index contributed by atoms with van der Waals surface area (Å²) in [4.78, 5) is 173. The zero-order valence-electron chi connectivity index (χ0n) is 49.7. The summed E-state index contributed by atoms with van der Waals surface area (Å²) < 4.78 is 0. The van der Waals surface area contributed by atoms with Gasteiger partial charge >= 0.3 is 11.9 Å². The molecular weight excluding hydrogens is 1170 g/mol. The molecule has 33 heteroatoms. The predicted molar refractivity (Wildman–Crippen MR) is 310 cm³/mol. The van der Waals surface area contributed by atoms with Crippen molar-refractivity contribution in [3.8, 4) is 5.75 Å². The van der Waals surface area contributed by atoms with E-state index in [1.54, 1.807) is 27.7 Å². The van der Waals surface area contributed by atoms with Gasteiger partial charge in [-0.05, 0) is 89.3 Å². The van der Waals surface area contributed by atoms with Gasteiger partial charge in [0.2, 0.25) is 65.0 Å². The lowest BCUT2D eigenvalue weighted by atomic mass is 10.0. The number of aliphatic carboxylic acids is 2. The van der Waals surface area contributed by atoms with Gasteiger partial charge in [0, 0.05) is 25.1 Å². The Balaban J connectivity index is 2.18. The quantitative estimate of drug-likeness (QED) is 0.0278. The molecule has 32 nitrogen and oxygen atoms in total. The second-order valence-electron chi connectivity index (χ2n) is 22.0. The van der Waals surface area contributed by atoms with Crippen molar-refractivity contribution in [2.24, 2.45) is 17.6 Å². The number of likely N-dealkylation sites (tertiary alicyclic amines) is 1. The summed E-state index contributed by atoms with van der Waals surface area (Å²) in [6, 6.07) is -12.6. The monoisotopic (exact) mass is 1250 g/mol. The van der Waals surface area contributed by atoms with Gasteiger partial charge in [0.05, 0.1) is 31.5 Å². The largest absolute Gasteiger partial charge is 0.508 e. The van der Waals surface area contributed by atoms with E-state index in [2.05, 4.69) is 65.8 Å². The number of nitrogens with one attached hydrogen (secondary N) is 10. The fraction of sp³-hybridized carbons (Fsp3) is 0.648. The van der Waals surface area contributed by atoms with Gasteiger partial charge in [-0.25, -0.2) is 4.79 Å². The molecule has 14 atom stereocenters. The number of phenolic OH excluding ortho intramolecular Hbond substituents is 1. The number of benzene rings is 1. The first kappa shape index (κ1) is 75.4. The normalized spacial score (nSPS) is 17.5. The number of carboxylic acids is 2. The van der Waals surface area contributed by atoms with Crippen molar-refractivity contribution in [1.29, 1.82) is 0 Å². The van der Waals surface area contributed by atoms with Gasteiger partial charge < -0.3 is 99.5 Å². The molecule has 0 saturated carbocycles. The maximum absolute atomic E-state index is 14.2. The Labute approximate surface area is 507 Å². The standard InChI is InChI=1S/C54H86N12O20S/c1-24(2)18-32(55)45(76)58-33(15-16-40(72)73)46(77)64-42(29(8)70)52(83)65-41(28(7)69)51(82)57-26(5)43(74)56-27(6)44(75)61-36(21-67)48(79)59-34(19-25(3)4)47(78)63-38(23-87)49(80)60-35(20-30-11-13-31(71)14-12-30)53(84)66-17-9-10-39(66)50(81)62-37(22-68)54(85)86/h11-14,24-29,32-39,41-42,67-71,87H,9-10,15-23,55H2,1-8H3,(H,56,74)(H,57,82)(H,58,76)(H,59,79)(H,60,80)(H,61,75)(H,62,81)(H,63,78)(H,64,77)(H,65,83)(H,72,73)(H,85,86)/t26-,27-,28+,29+,32-,33-,34-,35-,36-,37-,38-,39-,41-,42-/m0/s1. The molecule has 0 bridgehead atoms. The summed E-state index contributed by atoms with van der Waals surface area (Å²) in [5, 5.41) is 92.4. The van der Waals surface area contributed by atoms with Crippen molar-refractivity contribution in [2.75, 3.05) is 25.5 Å². The smallest absolute Gasteiger partial charge is 0.328 e. The molecule has 19 N–H and O–H groups in total. The molecule has 0 radical (unpaired) electrons. The van der Waals surface area contributed by atoms with Crippen LogP contribution in [0.25, 0.3) is 0 Å². The van der Waals surface area contributed by atoms with Crippen LogP contribution in [0.2, 0.25) is 0 Å². The number of carbonyl (C=O) groups excluding carboxylic acids is 11. The average Bonchev–Trinajstić information content (AvgIpc) is 2.81. The molecule has 0 aromatic heterocycles. The van der Waals surface area contributed by atoms with Crippen molar-refractivity contribution in [3.63, 3.8) is 0 Å². The van der Waals surface area contributed by atoms with Crippen LogP contribution in [0, 0.1) is 11.8 Å². The topological polar surface area (TPSA) is 513 Å². The van der Waals surface area contributed by atoms with Crippen molar-refractivity contribution in [3.05, 3.63) is 29.8 Å². The number of nitrogens with two attached hydrogens (primary N) is 1. The molecule has 1 aromatic rings. The number of phenols is 1. The van der Waals surface area contributed by atoms with Crippen LogP contribution in [0.3, 0.4) is 0 Å². The van der Waals surface area contributed by atoms with Gasteiger partial charge in [0.1, 0.15) is 72.2 Å². The highest BCUT2D eigenvalue weighted by molar-refractivity contribution is 7.80. The average molecular weight is 1260 g/mol. The summed E-state index contributed by atoms with van der Waals surface area (Å²) in [7, 11) is 0.